The zero-order valence-electron chi connectivity index (χ0n) is 18.4. The molecule has 0 bridgehead atoms. The van der Waals surface area contributed by atoms with Crippen molar-refractivity contribution in [1.82, 2.24) is 14.5 Å². The average molecular weight is 470 g/mol. The van der Waals surface area contributed by atoms with Crippen molar-refractivity contribution in [3.63, 3.8) is 0 Å². The molecule has 0 radical (unpaired) electrons. The Morgan fingerprint density at radius 2 is 1.88 bits per heavy atom. The Kier molecular flexibility index (Phi) is 6.25. The number of carbonyl (C=O) groups is 1. The Morgan fingerprint density at radius 3 is 2.53 bits per heavy atom. The number of fused-ring (bicyclic) bond motifs is 1. The van der Waals surface area contributed by atoms with Gasteiger partial charge in [0.25, 0.3) is 0 Å². The summed E-state index contributed by atoms with van der Waals surface area (Å²) in [6.07, 6.45) is -1.07. The number of aryl methyl sites for hydroxylation is 1. The minimum absolute atomic E-state index is 0.114. The third kappa shape index (κ3) is 5.01. The highest BCUT2D eigenvalue weighted by molar-refractivity contribution is 5.85. The molecule has 2 aromatic heterocycles. The van der Waals surface area contributed by atoms with Crippen molar-refractivity contribution in [2.45, 2.75) is 26.3 Å². The third-order valence-corrected chi connectivity index (χ3v) is 5.39. The minimum atomic E-state index is -4.39. The summed E-state index contributed by atoms with van der Waals surface area (Å²) < 4.78 is 39.9. The minimum Gasteiger partial charge on any atom is -0.480 e. The highest BCUT2D eigenvalue weighted by atomic mass is 19.4. The molecule has 0 saturated carbocycles. The second-order valence-electron chi connectivity index (χ2n) is 7.73. The molecule has 0 unspecified atom stereocenters. The topological polar surface area (TPSA) is 80.5 Å². The van der Waals surface area contributed by atoms with Gasteiger partial charge in [-0.15, -0.1) is 0 Å². The molecule has 0 saturated heterocycles. The summed E-state index contributed by atoms with van der Waals surface area (Å²) in [4.78, 5) is 25.5. The van der Waals surface area contributed by atoms with Crippen molar-refractivity contribution in [2.24, 2.45) is 0 Å². The van der Waals surface area contributed by atoms with E-state index in [1.807, 2.05) is 24.3 Å². The van der Waals surface area contributed by atoms with Crippen LogP contribution in [0.5, 0.6) is 0 Å². The molecule has 0 aliphatic heterocycles. The lowest BCUT2D eigenvalue weighted by atomic mass is 10.1. The molecule has 0 atom stereocenters. The molecule has 4 rings (SSSR count). The monoisotopic (exact) mass is 470 g/mol. The van der Waals surface area contributed by atoms with Crippen LogP contribution < -0.4 is 5.06 Å². The normalized spacial score (nSPS) is 11.7. The molecule has 176 valence electrons. The molecule has 0 aliphatic carbocycles. The summed E-state index contributed by atoms with van der Waals surface area (Å²) in [5, 5.41) is 11.5. The number of halogens is 3. The van der Waals surface area contributed by atoms with Gasteiger partial charge in [0.15, 0.2) is 5.82 Å². The van der Waals surface area contributed by atoms with E-state index >= 15 is 0 Å². The number of hydrogen-bond acceptors (Lipinski definition) is 5. The quantitative estimate of drug-likeness (QED) is 0.380. The molecule has 0 fully saturated rings. The van der Waals surface area contributed by atoms with Gasteiger partial charge >= 0.3 is 12.1 Å². The van der Waals surface area contributed by atoms with Gasteiger partial charge in [0.2, 0.25) is 0 Å². The Hall–Kier alpha value is -3.92. The smallest absolute Gasteiger partial charge is 0.416 e. The van der Waals surface area contributed by atoms with E-state index in [4.69, 9.17) is 9.94 Å². The fraction of sp³-hybridized carbons (Fsp3) is 0.208. The largest absolute Gasteiger partial charge is 0.480 e. The van der Waals surface area contributed by atoms with Crippen molar-refractivity contribution in [1.29, 1.82) is 0 Å². The maximum Gasteiger partial charge on any atom is 0.416 e. The van der Waals surface area contributed by atoms with E-state index < -0.39 is 17.7 Å². The summed E-state index contributed by atoms with van der Waals surface area (Å²) in [5.41, 5.74) is 2.74. The number of aromatic nitrogens is 3. The molecule has 7 nitrogen and oxygen atoms in total. The van der Waals surface area contributed by atoms with Gasteiger partial charge in [0.05, 0.1) is 11.3 Å². The summed E-state index contributed by atoms with van der Waals surface area (Å²) in [6.45, 7) is 1.86. The van der Waals surface area contributed by atoms with E-state index in [0.717, 1.165) is 34.3 Å². The predicted molar refractivity (Wildman–Crippen MR) is 120 cm³/mol. The Morgan fingerprint density at radius 1 is 1.15 bits per heavy atom. The van der Waals surface area contributed by atoms with Crippen LogP contribution in [0.25, 0.3) is 22.3 Å². The van der Waals surface area contributed by atoms with E-state index in [9.17, 15) is 18.0 Å². The van der Waals surface area contributed by atoms with Gasteiger partial charge in [-0.2, -0.15) is 13.2 Å². The lowest BCUT2D eigenvalue weighted by Crippen LogP contribution is -2.18. The van der Waals surface area contributed by atoms with E-state index in [1.165, 1.54) is 12.1 Å². The molecule has 0 amide bonds. The van der Waals surface area contributed by atoms with E-state index in [1.54, 1.807) is 36.0 Å². The van der Waals surface area contributed by atoms with Gasteiger partial charge in [0.1, 0.15) is 13.2 Å². The zero-order valence-corrected chi connectivity index (χ0v) is 18.4. The Bertz CT molecular complexity index is 1330. The van der Waals surface area contributed by atoms with Crippen LogP contribution in [0.1, 0.15) is 16.8 Å². The van der Waals surface area contributed by atoms with Crippen molar-refractivity contribution >= 4 is 22.6 Å². The fourth-order valence-electron chi connectivity index (χ4n) is 3.49. The van der Waals surface area contributed by atoms with Gasteiger partial charge in [-0.1, -0.05) is 12.1 Å². The van der Waals surface area contributed by atoms with Crippen LogP contribution in [0.15, 0.2) is 60.9 Å². The Labute approximate surface area is 193 Å². The van der Waals surface area contributed by atoms with E-state index in [-0.39, 0.29) is 13.2 Å². The summed E-state index contributed by atoms with van der Waals surface area (Å²) >= 11 is 0. The van der Waals surface area contributed by atoms with Crippen LogP contribution in [0.3, 0.4) is 0 Å². The highest BCUT2D eigenvalue weighted by Gasteiger charge is 2.30. The Balaban J connectivity index is 1.43. The number of benzene rings is 2. The number of anilines is 1. The molecule has 0 aliphatic rings. The molecule has 2 heterocycles. The molecule has 1 N–H and O–H groups in total. The van der Waals surface area contributed by atoms with Crippen molar-refractivity contribution in [3.8, 4) is 11.4 Å². The second-order valence-corrected chi connectivity index (χ2v) is 7.73. The predicted octanol–water partition coefficient (Wildman–Crippen LogP) is 5.08. The second kappa shape index (κ2) is 9.14. The number of carboxylic acids is 1. The van der Waals surface area contributed by atoms with Gasteiger partial charge in [-0.3, -0.25) is 14.7 Å². The molecule has 4 aromatic rings. The average Bonchev–Trinajstić information content (AvgIpc) is 3.19. The van der Waals surface area contributed by atoms with Gasteiger partial charge in [-0.25, -0.2) is 9.97 Å². The van der Waals surface area contributed by atoms with Crippen LogP contribution in [0.2, 0.25) is 0 Å². The van der Waals surface area contributed by atoms with Gasteiger partial charge < -0.3 is 9.67 Å². The lowest BCUT2D eigenvalue weighted by Gasteiger charge is -2.19. The highest BCUT2D eigenvalue weighted by Crippen LogP contribution is 2.30. The number of nitrogens with zero attached hydrogens (tertiary/aromatic N) is 4. The standard InChI is InChI=1S/C24H21F3N4O3/c1-15-18(12-28-23(29-15)16-3-5-19(6-4-16)24(25,26)27)14-34-30(2)20-7-8-21-17(11-20)9-10-31(21)13-22(32)33/h3-12H,13-14H2,1-2H3,(H,32,33). The van der Waals surface area contributed by atoms with Crippen molar-refractivity contribution in [2.75, 3.05) is 12.1 Å². The van der Waals surface area contributed by atoms with E-state index in [0.29, 0.717) is 17.1 Å². The maximum atomic E-state index is 12.8. The first-order valence-electron chi connectivity index (χ1n) is 10.3. The molecule has 2 aromatic carbocycles. The molecular formula is C24H21F3N4O3. The van der Waals surface area contributed by atoms with Crippen LogP contribution in [0, 0.1) is 6.92 Å². The van der Waals surface area contributed by atoms with Crippen molar-refractivity contribution < 1.29 is 27.9 Å². The molecule has 0 spiro atoms. The van der Waals surface area contributed by atoms with Gasteiger partial charge in [0, 0.05) is 47.2 Å². The first-order valence-corrected chi connectivity index (χ1v) is 10.3. The van der Waals surface area contributed by atoms with Crippen LogP contribution in [-0.4, -0.2) is 32.7 Å². The zero-order chi connectivity index (χ0) is 24.5. The molecule has 34 heavy (non-hydrogen) atoms. The molecular weight excluding hydrogens is 449 g/mol. The third-order valence-electron chi connectivity index (χ3n) is 5.39. The number of hydroxylamine groups is 1. The molecule has 10 heteroatoms. The first kappa shape index (κ1) is 23.2. The summed E-state index contributed by atoms with van der Waals surface area (Å²) in [7, 11) is 1.75. The number of hydrogen-bond donors (Lipinski definition) is 1. The van der Waals surface area contributed by atoms with Crippen molar-refractivity contribution in [3.05, 3.63) is 77.7 Å². The van der Waals surface area contributed by atoms with Gasteiger partial charge in [-0.05, 0) is 43.3 Å². The number of alkyl halides is 3. The maximum absolute atomic E-state index is 12.8. The number of aliphatic carboxylic acids is 1. The van der Waals surface area contributed by atoms with Crippen LogP contribution in [0.4, 0.5) is 18.9 Å². The van der Waals surface area contributed by atoms with Crippen LogP contribution in [-0.2, 0) is 29.0 Å². The lowest BCUT2D eigenvalue weighted by molar-refractivity contribution is -0.138. The van der Waals surface area contributed by atoms with Crippen LogP contribution >= 0.6 is 0 Å². The number of rotatable bonds is 7. The number of carboxylic acid groups (broad SMARTS) is 1. The summed E-state index contributed by atoms with van der Waals surface area (Å²) in [5.74, 6) is -0.580. The summed E-state index contributed by atoms with van der Waals surface area (Å²) in [6, 6.07) is 12.1. The first-order chi connectivity index (χ1) is 16.1. The SMILES string of the molecule is Cc1nc(-c2ccc(C(F)(F)F)cc2)ncc1CON(C)c1ccc2c(ccn2CC(=O)O)c1. The fourth-order valence-corrected chi connectivity index (χ4v) is 3.49. The van der Waals surface area contributed by atoms with E-state index in [2.05, 4.69) is 9.97 Å².